The van der Waals surface area contributed by atoms with Crippen molar-refractivity contribution in [1.82, 2.24) is 10.6 Å². The number of thioether (sulfide) groups is 1. The maximum atomic E-state index is 12.6. The molecule has 1 aliphatic rings. The maximum Gasteiger partial charge on any atom is 0.278 e. The molecule has 8 heteroatoms. The van der Waals surface area contributed by atoms with Crippen LogP contribution in [0.3, 0.4) is 0 Å². The van der Waals surface area contributed by atoms with Gasteiger partial charge in [0.1, 0.15) is 0 Å². The van der Waals surface area contributed by atoms with E-state index in [9.17, 15) is 19.5 Å². The second-order valence-electron chi connectivity index (χ2n) is 7.61. The third kappa shape index (κ3) is 7.36. The fourth-order valence-corrected chi connectivity index (χ4v) is 4.11. The van der Waals surface area contributed by atoms with Crippen molar-refractivity contribution in [2.24, 2.45) is 11.8 Å². The summed E-state index contributed by atoms with van der Waals surface area (Å²) in [6.45, 7) is 0.601. The van der Waals surface area contributed by atoms with E-state index in [0.717, 1.165) is 25.0 Å². The minimum absolute atomic E-state index is 0.0152. The van der Waals surface area contributed by atoms with Crippen LogP contribution in [-0.4, -0.2) is 42.4 Å². The zero-order chi connectivity index (χ0) is 21.2. The van der Waals surface area contributed by atoms with Crippen LogP contribution in [-0.2, 0) is 14.4 Å². The highest BCUT2D eigenvalue weighted by Gasteiger charge is 2.29. The molecule has 160 valence electrons. The summed E-state index contributed by atoms with van der Waals surface area (Å²) in [5.74, 6) is -0.543. The molecule has 2 amide bonds. The lowest BCUT2D eigenvalue weighted by molar-refractivity contribution is -0.403. The van der Waals surface area contributed by atoms with Gasteiger partial charge in [-0.1, -0.05) is 30.3 Å². The number of hydrogen-bond acceptors (Lipinski definition) is 5. The first kappa shape index (κ1) is 23.2. The lowest BCUT2D eigenvalue weighted by Crippen LogP contribution is -2.67. The van der Waals surface area contributed by atoms with Gasteiger partial charge in [0.15, 0.2) is 6.04 Å². The van der Waals surface area contributed by atoms with Crippen molar-refractivity contribution in [3.8, 4) is 0 Å². The van der Waals surface area contributed by atoms with Crippen LogP contribution in [0, 0.1) is 11.8 Å². The van der Waals surface area contributed by atoms with E-state index in [4.69, 9.17) is 0 Å². The minimum Gasteiger partial charge on any atom is -0.548 e. The number of aliphatic carboxylic acids is 1. The topological polar surface area (TPSA) is 126 Å². The fraction of sp³-hybridized carbons (Fsp3) is 0.571. The van der Waals surface area contributed by atoms with Crippen LogP contribution in [0.15, 0.2) is 30.3 Å². The molecule has 0 unspecified atom stereocenters. The highest BCUT2D eigenvalue weighted by molar-refractivity contribution is 7.98. The third-order valence-corrected chi connectivity index (χ3v) is 6.12. The van der Waals surface area contributed by atoms with Crippen molar-refractivity contribution in [1.29, 1.82) is 0 Å². The predicted octanol–water partition coefficient (Wildman–Crippen LogP) is -0.120. The number of amides is 2. The molecule has 1 fully saturated rings. The molecule has 0 aliphatic heterocycles. The summed E-state index contributed by atoms with van der Waals surface area (Å²) in [6, 6.07) is 7.20. The van der Waals surface area contributed by atoms with Gasteiger partial charge in [0, 0.05) is 18.9 Å². The molecule has 0 radical (unpaired) electrons. The largest absolute Gasteiger partial charge is 0.548 e. The van der Waals surface area contributed by atoms with Crippen molar-refractivity contribution in [2.45, 2.75) is 44.2 Å². The second kappa shape index (κ2) is 11.8. The number of quaternary nitrogens is 1. The molecule has 1 aromatic carbocycles. The van der Waals surface area contributed by atoms with Crippen LogP contribution in [0.4, 0.5) is 0 Å². The minimum atomic E-state index is -1.31. The van der Waals surface area contributed by atoms with Crippen LogP contribution >= 0.6 is 11.8 Å². The van der Waals surface area contributed by atoms with E-state index in [1.807, 2.05) is 6.26 Å². The van der Waals surface area contributed by atoms with Crippen molar-refractivity contribution in [2.75, 3.05) is 18.6 Å². The molecule has 5 N–H and O–H groups in total. The Balaban J connectivity index is 1.77. The van der Waals surface area contributed by atoms with Gasteiger partial charge < -0.3 is 26.3 Å². The van der Waals surface area contributed by atoms with Crippen LogP contribution in [0.25, 0.3) is 0 Å². The van der Waals surface area contributed by atoms with E-state index in [-0.39, 0.29) is 23.8 Å². The lowest BCUT2D eigenvalue weighted by atomic mass is 9.81. The van der Waals surface area contributed by atoms with Crippen LogP contribution < -0.4 is 21.5 Å². The molecule has 0 saturated heterocycles. The standard InChI is InChI=1S/C21H31N3O4S/c1-29-12-11-17(22)20(26)23-13-14-7-9-16(10-8-14)19(25)24-18(21(27)28)15-5-3-2-4-6-15/h2-6,14,16-18H,7-13,22H2,1H3,(H,23,26)(H,24,25)(H,27,28)/t14?,16?,17-,18+/m0/s1. The molecule has 1 saturated carbocycles. The van der Waals surface area contributed by atoms with Crippen LogP contribution in [0.2, 0.25) is 0 Å². The quantitative estimate of drug-likeness (QED) is 0.486. The van der Waals surface area contributed by atoms with E-state index in [1.165, 1.54) is 0 Å². The number of carbonyl (C=O) groups is 3. The van der Waals surface area contributed by atoms with E-state index in [2.05, 4.69) is 16.4 Å². The number of hydrogen-bond donors (Lipinski definition) is 3. The molecule has 0 spiro atoms. The van der Waals surface area contributed by atoms with Gasteiger partial charge in [-0.2, -0.15) is 11.8 Å². The van der Waals surface area contributed by atoms with Crippen molar-refractivity contribution in [3.63, 3.8) is 0 Å². The molecule has 2 rings (SSSR count). The predicted molar refractivity (Wildman–Crippen MR) is 110 cm³/mol. The Morgan fingerprint density at radius 2 is 1.83 bits per heavy atom. The molecule has 0 aromatic heterocycles. The Morgan fingerprint density at radius 3 is 2.41 bits per heavy atom. The molecule has 2 atom stereocenters. The van der Waals surface area contributed by atoms with Gasteiger partial charge in [-0.05, 0) is 49.2 Å². The number of carboxylic acids is 1. The van der Waals surface area contributed by atoms with Gasteiger partial charge in [0.25, 0.3) is 5.91 Å². The summed E-state index contributed by atoms with van der Waals surface area (Å²) in [6.07, 6.45) is 5.79. The van der Waals surface area contributed by atoms with Gasteiger partial charge >= 0.3 is 0 Å². The molecule has 1 aromatic rings. The number of carbonyl (C=O) groups excluding carboxylic acids is 3. The van der Waals surface area contributed by atoms with E-state index >= 15 is 0 Å². The maximum absolute atomic E-state index is 12.6. The first-order chi connectivity index (χ1) is 13.9. The number of rotatable bonds is 10. The molecular formula is C21H31N3O4S. The average Bonchev–Trinajstić information content (AvgIpc) is 2.74. The first-order valence-electron chi connectivity index (χ1n) is 10.1. The zero-order valence-corrected chi connectivity index (χ0v) is 17.7. The lowest BCUT2D eigenvalue weighted by Gasteiger charge is -2.30. The number of benzene rings is 1. The molecular weight excluding hydrogens is 390 g/mol. The first-order valence-corrected chi connectivity index (χ1v) is 11.5. The van der Waals surface area contributed by atoms with E-state index in [1.54, 1.807) is 42.1 Å². The number of carboxylic acid groups (broad SMARTS) is 1. The Labute approximate surface area is 176 Å². The normalized spacial score (nSPS) is 21.0. The Bertz CT molecular complexity index is 678. The van der Waals surface area contributed by atoms with Gasteiger partial charge in [-0.15, -0.1) is 0 Å². The van der Waals surface area contributed by atoms with Gasteiger partial charge in [-0.25, -0.2) is 0 Å². The summed E-state index contributed by atoms with van der Waals surface area (Å²) in [5, 5.41) is 17.1. The summed E-state index contributed by atoms with van der Waals surface area (Å²) in [4.78, 5) is 36.1. The van der Waals surface area contributed by atoms with Gasteiger partial charge in [-0.3, -0.25) is 9.59 Å². The summed E-state index contributed by atoms with van der Waals surface area (Å²) >= 11 is 1.70. The molecule has 29 heavy (non-hydrogen) atoms. The van der Waals surface area contributed by atoms with Crippen LogP contribution in [0.5, 0.6) is 0 Å². The molecule has 7 nitrogen and oxygen atoms in total. The van der Waals surface area contributed by atoms with Crippen LogP contribution in [0.1, 0.15) is 43.7 Å². The highest BCUT2D eigenvalue weighted by atomic mass is 32.2. The summed E-state index contributed by atoms with van der Waals surface area (Å²) < 4.78 is 0. The van der Waals surface area contributed by atoms with Gasteiger partial charge in [0.2, 0.25) is 5.91 Å². The van der Waals surface area contributed by atoms with Crippen molar-refractivity contribution < 1.29 is 25.2 Å². The smallest absolute Gasteiger partial charge is 0.278 e. The monoisotopic (exact) mass is 421 g/mol. The third-order valence-electron chi connectivity index (χ3n) is 5.48. The highest BCUT2D eigenvalue weighted by Crippen LogP contribution is 2.29. The van der Waals surface area contributed by atoms with E-state index in [0.29, 0.717) is 30.9 Å². The molecule has 0 heterocycles. The Morgan fingerprint density at radius 1 is 1.17 bits per heavy atom. The second-order valence-corrected chi connectivity index (χ2v) is 8.60. The average molecular weight is 422 g/mol. The van der Waals surface area contributed by atoms with Gasteiger partial charge in [0.05, 0.1) is 12.0 Å². The Hall–Kier alpha value is -2.06. The van der Waals surface area contributed by atoms with E-state index < -0.39 is 12.0 Å². The SMILES string of the molecule is CSCC[C@H]([NH3+])C(=O)NCC1CCC(C(=O)N[C@@H](C(=O)[O-])c2ccccc2)CC1. The summed E-state index contributed by atoms with van der Waals surface area (Å²) in [7, 11) is 0. The van der Waals surface area contributed by atoms with Crippen molar-refractivity contribution >= 4 is 29.5 Å². The Kier molecular flexibility index (Phi) is 9.47. The fourth-order valence-electron chi connectivity index (χ4n) is 3.59. The van der Waals surface area contributed by atoms with Crippen molar-refractivity contribution in [3.05, 3.63) is 35.9 Å². The molecule has 0 bridgehead atoms. The summed E-state index contributed by atoms with van der Waals surface area (Å²) in [5.41, 5.74) is 4.41. The number of nitrogens with one attached hydrogen (secondary N) is 2. The molecule has 1 aliphatic carbocycles. The zero-order valence-electron chi connectivity index (χ0n) is 16.9.